The van der Waals surface area contributed by atoms with Gasteiger partial charge in [-0.15, -0.1) is 0 Å². The standard InChI is InChI=1S/C45H43N/c1-5-13-32-27-35(23-22-30(32)3)44-31(4)37(14-6-2)45(42-21-10-9-20-41(42)44)43-25-24-38(39-18-7-8-19-40(39)43)34-16-11-15-33(28-34)36-17-12-26-46-29-36/h5-8,10-19,21-26,28-29,35,41,44H,9,20,27H2,1-4H3/b13-5-,14-6-. The SMILES string of the molecule is C/C=C\C1=C(C)C=CC(C2C(C)=C(/C=C\C)C(c3ccc(-c4cccc(-c5cccnc5)c4)c4ccccc34)=C3C=CCCC32)C1. The molecule has 46 heavy (non-hydrogen) atoms. The summed E-state index contributed by atoms with van der Waals surface area (Å²) >= 11 is 0. The predicted octanol–water partition coefficient (Wildman–Crippen LogP) is 12.3. The molecule has 0 N–H and O–H groups in total. The molecule has 3 atom stereocenters. The summed E-state index contributed by atoms with van der Waals surface area (Å²) in [6.07, 6.45) is 26.1. The van der Waals surface area contributed by atoms with E-state index >= 15 is 0 Å². The first-order valence-electron chi connectivity index (χ1n) is 16.9. The molecule has 1 aromatic heterocycles. The minimum atomic E-state index is 0.486. The maximum absolute atomic E-state index is 4.36. The molecule has 0 amide bonds. The van der Waals surface area contributed by atoms with Crippen LogP contribution in [0.4, 0.5) is 0 Å². The summed E-state index contributed by atoms with van der Waals surface area (Å²) in [6.45, 7) is 8.97. The van der Waals surface area contributed by atoms with Crippen LogP contribution < -0.4 is 0 Å². The van der Waals surface area contributed by atoms with Crippen molar-refractivity contribution >= 4 is 16.3 Å². The monoisotopic (exact) mass is 597 g/mol. The van der Waals surface area contributed by atoms with Gasteiger partial charge in [0.1, 0.15) is 0 Å². The lowest BCUT2D eigenvalue weighted by Crippen LogP contribution is -2.31. The van der Waals surface area contributed by atoms with Crippen molar-refractivity contribution in [2.45, 2.75) is 47.0 Å². The number of hydrogen-bond acceptors (Lipinski definition) is 1. The molecule has 0 radical (unpaired) electrons. The number of pyridine rings is 1. The molecule has 0 bridgehead atoms. The van der Waals surface area contributed by atoms with E-state index in [4.69, 9.17) is 0 Å². The Morgan fingerprint density at radius 2 is 1.52 bits per heavy atom. The van der Waals surface area contributed by atoms with Gasteiger partial charge in [-0.25, -0.2) is 0 Å². The fraction of sp³-hybridized carbons (Fsp3) is 0.222. The lowest BCUT2D eigenvalue weighted by Gasteiger charge is -2.42. The van der Waals surface area contributed by atoms with Crippen molar-refractivity contribution in [3.63, 3.8) is 0 Å². The highest BCUT2D eigenvalue weighted by atomic mass is 14.6. The maximum Gasteiger partial charge on any atom is 0.0346 e. The van der Waals surface area contributed by atoms with Crippen molar-refractivity contribution in [3.8, 4) is 22.3 Å². The summed E-state index contributed by atoms with van der Waals surface area (Å²) in [6, 6.07) is 26.8. The summed E-state index contributed by atoms with van der Waals surface area (Å²) < 4.78 is 0. The van der Waals surface area contributed by atoms with Gasteiger partial charge in [-0.3, -0.25) is 4.98 Å². The number of benzene rings is 3. The third-order valence-corrected chi connectivity index (χ3v) is 10.3. The largest absolute Gasteiger partial charge is 0.264 e. The van der Waals surface area contributed by atoms with E-state index in [1.807, 2.05) is 18.5 Å². The summed E-state index contributed by atoms with van der Waals surface area (Å²) in [7, 11) is 0. The average Bonchev–Trinajstić information content (AvgIpc) is 3.10. The summed E-state index contributed by atoms with van der Waals surface area (Å²) in [4.78, 5) is 4.36. The molecule has 228 valence electrons. The Balaban J connectivity index is 1.38. The van der Waals surface area contributed by atoms with Crippen molar-refractivity contribution in [1.82, 2.24) is 4.98 Å². The molecule has 3 aliphatic carbocycles. The number of allylic oxidation sites excluding steroid dienone is 14. The topological polar surface area (TPSA) is 12.9 Å². The van der Waals surface area contributed by atoms with Crippen molar-refractivity contribution in [2.75, 3.05) is 0 Å². The third kappa shape index (κ3) is 5.39. The molecule has 0 saturated carbocycles. The number of fused-ring (bicyclic) bond motifs is 2. The Kier molecular flexibility index (Phi) is 8.41. The summed E-state index contributed by atoms with van der Waals surface area (Å²) in [5, 5.41) is 2.60. The van der Waals surface area contributed by atoms with Crippen LogP contribution in [0.1, 0.15) is 52.5 Å². The van der Waals surface area contributed by atoms with Gasteiger partial charge in [0.2, 0.25) is 0 Å². The summed E-state index contributed by atoms with van der Waals surface area (Å²) in [5.41, 5.74) is 14.9. The number of rotatable bonds is 6. The first-order valence-corrected chi connectivity index (χ1v) is 16.9. The Hall–Kier alpha value is -4.75. The Labute approximate surface area is 274 Å². The molecule has 3 aliphatic rings. The number of hydrogen-bond donors (Lipinski definition) is 0. The van der Waals surface area contributed by atoms with Gasteiger partial charge in [0, 0.05) is 18.0 Å². The van der Waals surface area contributed by atoms with Crippen LogP contribution in [-0.2, 0) is 0 Å². The molecule has 0 fully saturated rings. The van der Waals surface area contributed by atoms with Gasteiger partial charge in [0.05, 0.1) is 0 Å². The first-order chi connectivity index (χ1) is 22.6. The van der Waals surface area contributed by atoms with E-state index in [1.165, 1.54) is 72.9 Å². The normalized spacial score (nSPS) is 21.7. The first kappa shape index (κ1) is 29.9. The van der Waals surface area contributed by atoms with Crippen LogP contribution in [0, 0.1) is 17.8 Å². The minimum Gasteiger partial charge on any atom is -0.264 e. The lowest BCUT2D eigenvalue weighted by atomic mass is 9.61. The van der Waals surface area contributed by atoms with E-state index in [0.29, 0.717) is 17.8 Å². The molecule has 3 unspecified atom stereocenters. The molecule has 3 aromatic carbocycles. The van der Waals surface area contributed by atoms with Gasteiger partial charge in [-0.2, -0.15) is 0 Å². The maximum atomic E-state index is 4.36. The quantitative estimate of drug-likeness (QED) is 0.215. The van der Waals surface area contributed by atoms with Gasteiger partial charge >= 0.3 is 0 Å². The smallest absolute Gasteiger partial charge is 0.0346 e. The van der Waals surface area contributed by atoms with Gasteiger partial charge in [-0.1, -0.05) is 115 Å². The highest BCUT2D eigenvalue weighted by Crippen LogP contribution is 2.53. The molecule has 1 nitrogen and oxygen atoms in total. The fourth-order valence-corrected chi connectivity index (χ4v) is 8.22. The zero-order valence-corrected chi connectivity index (χ0v) is 27.5. The van der Waals surface area contributed by atoms with Gasteiger partial charge < -0.3 is 0 Å². The van der Waals surface area contributed by atoms with E-state index in [1.54, 1.807) is 0 Å². The molecule has 0 saturated heterocycles. The zero-order chi connectivity index (χ0) is 31.6. The molecule has 0 spiro atoms. The highest BCUT2D eigenvalue weighted by Gasteiger charge is 2.39. The van der Waals surface area contributed by atoms with Gasteiger partial charge in [0.15, 0.2) is 0 Å². The second-order valence-electron chi connectivity index (χ2n) is 13.0. The van der Waals surface area contributed by atoms with Crippen LogP contribution in [-0.4, -0.2) is 4.98 Å². The van der Waals surface area contributed by atoms with Crippen LogP contribution in [0.25, 0.3) is 38.6 Å². The second kappa shape index (κ2) is 12.9. The molecular weight excluding hydrogens is 555 g/mol. The van der Waals surface area contributed by atoms with Crippen molar-refractivity contribution in [3.05, 3.63) is 167 Å². The molecule has 1 heterocycles. The van der Waals surface area contributed by atoms with Crippen molar-refractivity contribution < 1.29 is 0 Å². The Morgan fingerprint density at radius 1 is 0.761 bits per heavy atom. The number of nitrogens with zero attached hydrogens (tertiary/aromatic N) is 1. The van der Waals surface area contributed by atoms with Crippen LogP contribution in [0.5, 0.6) is 0 Å². The predicted molar refractivity (Wildman–Crippen MR) is 197 cm³/mol. The Morgan fingerprint density at radius 3 is 2.30 bits per heavy atom. The van der Waals surface area contributed by atoms with E-state index in [0.717, 1.165) is 18.4 Å². The molecular formula is C45H43N. The Bertz CT molecular complexity index is 2010. The van der Waals surface area contributed by atoms with Gasteiger partial charge in [0.25, 0.3) is 0 Å². The van der Waals surface area contributed by atoms with Crippen LogP contribution in [0.3, 0.4) is 0 Å². The van der Waals surface area contributed by atoms with Crippen LogP contribution in [0.2, 0.25) is 0 Å². The van der Waals surface area contributed by atoms with Crippen LogP contribution in [0.15, 0.2) is 162 Å². The van der Waals surface area contributed by atoms with Crippen molar-refractivity contribution in [2.24, 2.45) is 17.8 Å². The number of aromatic nitrogens is 1. The van der Waals surface area contributed by atoms with E-state index < -0.39 is 0 Å². The lowest BCUT2D eigenvalue weighted by molar-refractivity contribution is 0.318. The second-order valence-corrected chi connectivity index (χ2v) is 13.0. The average molecular weight is 598 g/mol. The van der Waals surface area contributed by atoms with Crippen LogP contribution >= 0.6 is 0 Å². The molecule has 7 rings (SSSR count). The van der Waals surface area contributed by atoms with Gasteiger partial charge in [-0.05, 0) is 138 Å². The molecule has 0 aliphatic heterocycles. The zero-order valence-electron chi connectivity index (χ0n) is 27.5. The van der Waals surface area contributed by atoms with Crippen molar-refractivity contribution in [1.29, 1.82) is 0 Å². The molecule has 1 heteroatoms. The third-order valence-electron chi connectivity index (χ3n) is 10.3. The van der Waals surface area contributed by atoms with E-state index in [-0.39, 0.29) is 0 Å². The van der Waals surface area contributed by atoms with E-state index in [2.05, 4.69) is 148 Å². The highest BCUT2D eigenvalue weighted by molar-refractivity contribution is 6.06. The minimum absolute atomic E-state index is 0.486. The molecule has 4 aromatic rings. The van der Waals surface area contributed by atoms with E-state index in [9.17, 15) is 0 Å². The fourth-order valence-electron chi connectivity index (χ4n) is 8.22. The summed E-state index contributed by atoms with van der Waals surface area (Å²) in [5.74, 6) is 1.48.